The van der Waals surface area contributed by atoms with Crippen LogP contribution in [0.3, 0.4) is 0 Å². The average Bonchev–Trinajstić information content (AvgIpc) is 3.16. The van der Waals surface area contributed by atoms with Crippen molar-refractivity contribution in [3.8, 4) is 0 Å². The molecule has 1 aliphatic carbocycles. The molecule has 0 bridgehead atoms. The number of carbonyl (C=O) groups is 3. The van der Waals surface area contributed by atoms with Gasteiger partial charge < -0.3 is 24.6 Å². The summed E-state index contributed by atoms with van der Waals surface area (Å²) in [6, 6.07) is 3.21. The number of carboxylic acid groups (broad SMARTS) is 1. The Balaban J connectivity index is 1.43. The van der Waals surface area contributed by atoms with E-state index in [1.165, 1.54) is 6.26 Å². The fraction of sp³-hybridized carbons (Fsp3) is 0.588. The SMILES string of the molecule is O=C(O)C1CCC(NC(=O)N2CCN(C(=O)c3ccco3)CC2)CC1. The number of amides is 3. The number of aliphatic carboxylic acids is 1. The van der Waals surface area contributed by atoms with Crippen molar-refractivity contribution in [2.45, 2.75) is 31.7 Å². The van der Waals surface area contributed by atoms with Gasteiger partial charge in [-0.1, -0.05) is 0 Å². The Hall–Kier alpha value is -2.51. The fourth-order valence-corrected chi connectivity index (χ4v) is 3.42. The summed E-state index contributed by atoms with van der Waals surface area (Å²) in [4.78, 5) is 38.9. The molecule has 3 amide bonds. The van der Waals surface area contributed by atoms with Crippen molar-refractivity contribution in [2.75, 3.05) is 26.2 Å². The third-order valence-electron chi connectivity index (χ3n) is 4.99. The highest BCUT2D eigenvalue weighted by Crippen LogP contribution is 2.24. The second-order valence-corrected chi connectivity index (χ2v) is 6.59. The number of hydrogen-bond donors (Lipinski definition) is 2. The zero-order valence-corrected chi connectivity index (χ0v) is 14.0. The average molecular weight is 349 g/mol. The van der Waals surface area contributed by atoms with Crippen LogP contribution in [-0.4, -0.2) is 65.0 Å². The molecule has 1 aromatic heterocycles. The maximum absolute atomic E-state index is 12.4. The van der Waals surface area contributed by atoms with Gasteiger partial charge in [0.05, 0.1) is 12.2 Å². The Bertz CT molecular complexity index is 614. The Morgan fingerprint density at radius 3 is 2.24 bits per heavy atom. The summed E-state index contributed by atoms with van der Waals surface area (Å²) in [7, 11) is 0. The molecule has 2 N–H and O–H groups in total. The number of rotatable bonds is 3. The van der Waals surface area contributed by atoms with Crippen LogP contribution in [0.4, 0.5) is 4.79 Å². The van der Waals surface area contributed by atoms with Gasteiger partial charge in [0.15, 0.2) is 5.76 Å². The zero-order chi connectivity index (χ0) is 17.8. The lowest BCUT2D eigenvalue weighted by Crippen LogP contribution is -2.54. The molecular formula is C17H23N3O5. The first-order valence-electron chi connectivity index (χ1n) is 8.65. The second-order valence-electron chi connectivity index (χ2n) is 6.59. The molecule has 8 nitrogen and oxygen atoms in total. The summed E-state index contributed by atoms with van der Waals surface area (Å²) in [5, 5.41) is 12.0. The standard InChI is InChI=1S/C17H23N3O5/c21-15(14-2-1-11-25-14)19-7-9-20(10-8-19)17(24)18-13-5-3-12(4-6-13)16(22)23/h1-2,11-13H,3-10H2,(H,18,24)(H,22,23). The van der Waals surface area contributed by atoms with Gasteiger partial charge in [0.1, 0.15) is 0 Å². The van der Waals surface area contributed by atoms with E-state index in [1.807, 2.05) is 0 Å². The van der Waals surface area contributed by atoms with Gasteiger partial charge in [-0.25, -0.2) is 4.79 Å². The summed E-state index contributed by atoms with van der Waals surface area (Å²) in [5.74, 6) is -0.878. The van der Waals surface area contributed by atoms with E-state index in [-0.39, 0.29) is 23.9 Å². The van der Waals surface area contributed by atoms with E-state index in [9.17, 15) is 14.4 Å². The summed E-state index contributed by atoms with van der Waals surface area (Å²) in [6.07, 6.45) is 4.06. The van der Waals surface area contributed by atoms with E-state index in [2.05, 4.69) is 5.32 Å². The number of nitrogens with zero attached hydrogens (tertiary/aromatic N) is 2. The van der Waals surface area contributed by atoms with Gasteiger partial charge >= 0.3 is 12.0 Å². The van der Waals surface area contributed by atoms with Crippen LogP contribution in [0.5, 0.6) is 0 Å². The van der Waals surface area contributed by atoms with Crippen molar-refractivity contribution in [3.05, 3.63) is 24.2 Å². The molecule has 1 saturated carbocycles. The third kappa shape index (κ3) is 4.12. The smallest absolute Gasteiger partial charge is 0.317 e. The van der Waals surface area contributed by atoms with Crippen molar-refractivity contribution >= 4 is 17.9 Å². The predicted molar refractivity (Wildman–Crippen MR) is 88.1 cm³/mol. The van der Waals surface area contributed by atoms with Gasteiger partial charge in [-0.05, 0) is 37.8 Å². The van der Waals surface area contributed by atoms with Crippen LogP contribution in [0.1, 0.15) is 36.2 Å². The molecule has 2 fully saturated rings. The summed E-state index contributed by atoms with van der Waals surface area (Å²) < 4.78 is 5.12. The number of carbonyl (C=O) groups excluding carboxylic acids is 2. The quantitative estimate of drug-likeness (QED) is 0.858. The van der Waals surface area contributed by atoms with E-state index < -0.39 is 5.97 Å². The second kappa shape index (κ2) is 7.58. The third-order valence-corrected chi connectivity index (χ3v) is 4.99. The normalized spacial score (nSPS) is 24.0. The highest BCUT2D eigenvalue weighted by Gasteiger charge is 2.30. The van der Waals surface area contributed by atoms with Crippen molar-refractivity contribution in [3.63, 3.8) is 0 Å². The maximum Gasteiger partial charge on any atom is 0.317 e. The molecule has 2 heterocycles. The van der Waals surface area contributed by atoms with Crippen molar-refractivity contribution in [2.24, 2.45) is 5.92 Å². The highest BCUT2D eigenvalue weighted by atomic mass is 16.4. The molecule has 0 radical (unpaired) electrons. The molecule has 0 atom stereocenters. The Morgan fingerprint density at radius 2 is 1.68 bits per heavy atom. The minimum absolute atomic E-state index is 0.0332. The van der Waals surface area contributed by atoms with Gasteiger partial charge in [-0.3, -0.25) is 9.59 Å². The summed E-state index contributed by atoms with van der Waals surface area (Å²) in [5.41, 5.74) is 0. The minimum Gasteiger partial charge on any atom is -0.481 e. The molecule has 1 saturated heterocycles. The first-order chi connectivity index (χ1) is 12.0. The van der Waals surface area contributed by atoms with Gasteiger partial charge in [0.2, 0.25) is 0 Å². The Labute approximate surface area is 145 Å². The molecule has 25 heavy (non-hydrogen) atoms. The monoisotopic (exact) mass is 349 g/mol. The molecule has 136 valence electrons. The predicted octanol–water partition coefficient (Wildman–Crippen LogP) is 1.39. The molecule has 2 aliphatic rings. The molecule has 0 unspecified atom stereocenters. The first kappa shape index (κ1) is 17.3. The van der Waals surface area contributed by atoms with E-state index in [0.717, 1.165) is 0 Å². The van der Waals surface area contributed by atoms with E-state index in [1.54, 1.807) is 21.9 Å². The van der Waals surface area contributed by atoms with Gasteiger partial charge in [-0.15, -0.1) is 0 Å². The molecule has 0 aromatic carbocycles. The van der Waals surface area contributed by atoms with Crippen LogP contribution in [0.15, 0.2) is 22.8 Å². The lowest BCUT2D eigenvalue weighted by Gasteiger charge is -2.36. The van der Waals surface area contributed by atoms with Crippen LogP contribution >= 0.6 is 0 Å². The number of furan rings is 1. The van der Waals surface area contributed by atoms with E-state index in [0.29, 0.717) is 57.6 Å². The highest BCUT2D eigenvalue weighted by molar-refractivity contribution is 5.91. The number of carboxylic acids is 1. The molecule has 1 aliphatic heterocycles. The Morgan fingerprint density at radius 1 is 1.04 bits per heavy atom. The fourth-order valence-electron chi connectivity index (χ4n) is 3.42. The van der Waals surface area contributed by atoms with Crippen LogP contribution in [0.2, 0.25) is 0 Å². The minimum atomic E-state index is -0.748. The molecule has 3 rings (SSSR count). The van der Waals surface area contributed by atoms with E-state index in [4.69, 9.17) is 9.52 Å². The first-order valence-corrected chi connectivity index (χ1v) is 8.65. The molecule has 0 spiro atoms. The Kier molecular flexibility index (Phi) is 5.25. The van der Waals surface area contributed by atoms with Gasteiger partial charge in [0.25, 0.3) is 5.91 Å². The van der Waals surface area contributed by atoms with Crippen LogP contribution < -0.4 is 5.32 Å². The van der Waals surface area contributed by atoms with Crippen LogP contribution in [-0.2, 0) is 4.79 Å². The molecule has 8 heteroatoms. The lowest BCUT2D eigenvalue weighted by molar-refractivity contribution is -0.142. The van der Waals surface area contributed by atoms with E-state index >= 15 is 0 Å². The van der Waals surface area contributed by atoms with Crippen LogP contribution in [0, 0.1) is 5.92 Å². The number of hydrogen-bond acceptors (Lipinski definition) is 4. The summed E-state index contributed by atoms with van der Waals surface area (Å²) >= 11 is 0. The maximum atomic E-state index is 12.4. The van der Waals surface area contributed by atoms with Gasteiger partial charge in [0, 0.05) is 32.2 Å². The lowest BCUT2D eigenvalue weighted by atomic mass is 9.86. The van der Waals surface area contributed by atoms with Gasteiger partial charge in [-0.2, -0.15) is 0 Å². The number of urea groups is 1. The topological polar surface area (TPSA) is 103 Å². The van der Waals surface area contributed by atoms with Crippen molar-refractivity contribution in [1.29, 1.82) is 0 Å². The van der Waals surface area contributed by atoms with Crippen molar-refractivity contribution in [1.82, 2.24) is 15.1 Å². The summed E-state index contributed by atoms with van der Waals surface area (Å²) in [6.45, 7) is 1.89. The largest absolute Gasteiger partial charge is 0.481 e. The van der Waals surface area contributed by atoms with Crippen LogP contribution in [0.25, 0.3) is 0 Å². The number of piperazine rings is 1. The zero-order valence-electron chi connectivity index (χ0n) is 14.0. The molecule has 1 aromatic rings. The molecular weight excluding hydrogens is 326 g/mol. The number of nitrogens with one attached hydrogen (secondary N) is 1. The van der Waals surface area contributed by atoms with Crippen molar-refractivity contribution < 1.29 is 23.9 Å².